The zero-order valence-electron chi connectivity index (χ0n) is 14.5. The molecule has 0 aliphatic carbocycles. The molecule has 6 nitrogen and oxygen atoms in total. The minimum atomic E-state index is -0.328. The van der Waals surface area contributed by atoms with Gasteiger partial charge in [-0.15, -0.1) is 0 Å². The van der Waals surface area contributed by atoms with Crippen LogP contribution in [0.5, 0.6) is 5.75 Å². The number of amidine groups is 1. The maximum absolute atomic E-state index is 12.0. The van der Waals surface area contributed by atoms with E-state index in [-0.39, 0.29) is 11.1 Å². The first-order valence-electron chi connectivity index (χ1n) is 8.21. The van der Waals surface area contributed by atoms with E-state index in [0.29, 0.717) is 4.91 Å². The van der Waals surface area contributed by atoms with Crippen LogP contribution in [0.3, 0.4) is 0 Å². The van der Waals surface area contributed by atoms with Gasteiger partial charge in [-0.1, -0.05) is 18.2 Å². The molecule has 1 aliphatic rings. The highest BCUT2D eigenvalue weighted by molar-refractivity contribution is 8.18. The Labute approximate surface area is 160 Å². The summed E-state index contributed by atoms with van der Waals surface area (Å²) in [6.45, 7) is 0. The average Bonchev–Trinajstić information content (AvgIpc) is 3.25. The minimum Gasteiger partial charge on any atom is -0.497 e. The molecule has 1 amide bonds. The summed E-state index contributed by atoms with van der Waals surface area (Å²) in [6, 6.07) is 17.4. The Morgan fingerprint density at radius 1 is 1.11 bits per heavy atom. The van der Waals surface area contributed by atoms with Crippen molar-refractivity contribution in [3.05, 3.63) is 71.3 Å². The maximum Gasteiger partial charge on any atom is 0.286 e. The van der Waals surface area contributed by atoms with E-state index in [4.69, 9.17) is 15.6 Å². The normalized spacial score (nSPS) is 15.2. The second-order valence-electron chi connectivity index (χ2n) is 5.81. The predicted molar refractivity (Wildman–Crippen MR) is 108 cm³/mol. The van der Waals surface area contributed by atoms with Gasteiger partial charge in [0.1, 0.15) is 5.75 Å². The molecule has 0 unspecified atom stereocenters. The van der Waals surface area contributed by atoms with Crippen LogP contribution in [0.25, 0.3) is 23.0 Å². The molecule has 27 heavy (non-hydrogen) atoms. The van der Waals surface area contributed by atoms with Crippen molar-refractivity contribution in [1.29, 1.82) is 0 Å². The van der Waals surface area contributed by atoms with Gasteiger partial charge in [0.25, 0.3) is 5.91 Å². The van der Waals surface area contributed by atoms with Gasteiger partial charge in [-0.05, 0) is 54.2 Å². The fraction of sp³-hybridized carbons (Fsp3) is 0.0500. The lowest BCUT2D eigenvalue weighted by Gasteiger charge is -2.03. The Bertz CT molecular complexity index is 1050. The number of carbonyl (C=O) groups is 1. The number of amides is 1. The zero-order valence-corrected chi connectivity index (χ0v) is 15.3. The number of carbonyl (C=O) groups excluding carboxylic acids is 1. The van der Waals surface area contributed by atoms with Crippen LogP contribution in [-0.4, -0.2) is 28.0 Å². The van der Waals surface area contributed by atoms with Crippen LogP contribution in [-0.2, 0) is 4.79 Å². The molecular weight excluding hydrogens is 360 g/mol. The molecular formula is C20H16N4O2S. The lowest BCUT2D eigenvalue weighted by Crippen LogP contribution is -2.01. The molecule has 1 aromatic heterocycles. The number of rotatable bonds is 4. The van der Waals surface area contributed by atoms with Gasteiger partial charge in [0.2, 0.25) is 0 Å². The quantitative estimate of drug-likeness (QED) is 0.705. The van der Waals surface area contributed by atoms with Crippen molar-refractivity contribution < 1.29 is 9.53 Å². The smallest absolute Gasteiger partial charge is 0.286 e. The summed E-state index contributed by atoms with van der Waals surface area (Å²) in [4.78, 5) is 16.2. The molecule has 1 aliphatic heterocycles. The predicted octanol–water partition coefficient (Wildman–Crippen LogP) is 3.48. The van der Waals surface area contributed by atoms with E-state index in [9.17, 15) is 4.79 Å². The third-order valence-electron chi connectivity index (χ3n) is 4.05. The minimum absolute atomic E-state index is 0.257. The van der Waals surface area contributed by atoms with Crippen molar-refractivity contribution >= 4 is 28.9 Å². The summed E-state index contributed by atoms with van der Waals surface area (Å²) in [5.74, 6) is 0.439. The lowest BCUT2D eigenvalue weighted by atomic mass is 10.1. The largest absolute Gasteiger partial charge is 0.497 e. The number of thioether (sulfide) groups is 1. The van der Waals surface area contributed by atoms with Crippen LogP contribution < -0.4 is 10.5 Å². The van der Waals surface area contributed by atoms with Crippen molar-refractivity contribution in [3.8, 4) is 22.7 Å². The van der Waals surface area contributed by atoms with Gasteiger partial charge in [0.15, 0.2) is 5.17 Å². The molecule has 0 radical (unpaired) electrons. The molecule has 0 saturated heterocycles. The van der Waals surface area contributed by atoms with Gasteiger partial charge < -0.3 is 10.5 Å². The van der Waals surface area contributed by atoms with Crippen molar-refractivity contribution in [3.63, 3.8) is 0 Å². The van der Waals surface area contributed by atoms with E-state index in [0.717, 1.165) is 28.3 Å². The van der Waals surface area contributed by atoms with Crippen LogP contribution in [0.2, 0.25) is 0 Å². The second-order valence-corrected chi connectivity index (χ2v) is 6.87. The van der Waals surface area contributed by atoms with E-state index in [1.807, 2.05) is 60.8 Å². The number of hydrogen-bond acceptors (Lipinski definition) is 5. The third-order valence-corrected chi connectivity index (χ3v) is 4.86. The summed E-state index contributed by atoms with van der Waals surface area (Å²) in [7, 11) is 1.63. The van der Waals surface area contributed by atoms with Gasteiger partial charge in [-0.3, -0.25) is 4.79 Å². The highest BCUT2D eigenvalue weighted by Gasteiger charge is 2.21. The van der Waals surface area contributed by atoms with Crippen molar-refractivity contribution in [1.82, 2.24) is 9.78 Å². The molecule has 4 rings (SSSR count). The molecule has 3 aromatic rings. The van der Waals surface area contributed by atoms with E-state index >= 15 is 0 Å². The summed E-state index contributed by atoms with van der Waals surface area (Å²) in [5.41, 5.74) is 9.08. The summed E-state index contributed by atoms with van der Waals surface area (Å²) in [5, 5.41) is 4.99. The molecule has 0 spiro atoms. The number of aliphatic imine (C=N–C) groups is 1. The number of methoxy groups -OCH3 is 1. The number of nitrogens with zero attached hydrogens (tertiary/aromatic N) is 3. The monoisotopic (exact) mass is 376 g/mol. The van der Waals surface area contributed by atoms with Crippen molar-refractivity contribution in [2.75, 3.05) is 7.11 Å². The Balaban J connectivity index is 1.81. The number of benzene rings is 2. The van der Waals surface area contributed by atoms with Gasteiger partial charge in [-0.2, -0.15) is 10.1 Å². The fourth-order valence-electron chi connectivity index (χ4n) is 2.75. The maximum atomic E-state index is 12.0. The highest BCUT2D eigenvalue weighted by atomic mass is 32.2. The summed E-state index contributed by atoms with van der Waals surface area (Å²) in [6.07, 6.45) is 3.67. The number of aromatic nitrogens is 2. The van der Waals surface area contributed by atoms with Gasteiger partial charge in [0.05, 0.1) is 23.4 Å². The van der Waals surface area contributed by atoms with Gasteiger partial charge in [-0.25, -0.2) is 4.68 Å². The number of nitrogens with two attached hydrogens (primary N) is 1. The SMILES string of the molecule is COc1ccc(-c2nn(-c3ccccc3)cc2/C=C2\SC(N)=NC2=O)cc1. The first-order valence-corrected chi connectivity index (χ1v) is 9.03. The molecule has 2 aromatic carbocycles. The van der Waals surface area contributed by atoms with Gasteiger partial charge >= 0.3 is 0 Å². The molecule has 134 valence electrons. The molecule has 2 N–H and O–H groups in total. The van der Waals surface area contributed by atoms with Crippen molar-refractivity contribution in [2.24, 2.45) is 10.7 Å². The van der Waals surface area contributed by atoms with E-state index < -0.39 is 0 Å². The van der Waals surface area contributed by atoms with E-state index in [2.05, 4.69) is 4.99 Å². The zero-order chi connectivity index (χ0) is 18.8. The second kappa shape index (κ2) is 7.13. The van der Waals surface area contributed by atoms with Crippen LogP contribution in [0.15, 0.2) is 70.7 Å². The van der Waals surface area contributed by atoms with Crippen LogP contribution in [0.4, 0.5) is 0 Å². The van der Waals surface area contributed by atoms with Gasteiger partial charge in [0, 0.05) is 17.3 Å². The Morgan fingerprint density at radius 3 is 2.48 bits per heavy atom. The number of para-hydroxylation sites is 1. The lowest BCUT2D eigenvalue weighted by molar-refractivity contribution is -0.113. The molecule has 2 heterocycles. The van der Waals surface area contributed by atoms with Crippen LogP contribution >= 0.6 is 11.8 Å². The average molecular weight is 376 g/mol. The first-order chi connectivity index (χ1) is 13.1. The van der Waals surface area contributed by atoms with Crippen molar-refractivity contribution in [2.45, 2.75) is 0 Å². The fourth-order valence-corrected chi connectivity index (χ4v) is 3.42. The molecule has 0 bridgehead atoms. The molecule has 0 atom stereocenters. The number of hydrogen-bond donors (Lipinski definition) is 1. The number of ether oxygens (including phenoxy) is 1. The molecule has 0 saturated carbocycles. The standard InChI is InChI=1S/C20H16N4O2S/c1-26-16-9-7-13(8-10-16)18-14(11-17-19(25)22-20(21)27-17)12-24(23-18)15-5-3-2-4-6-15/h2-12H,1H3,(H2,21,22,25)/b17-11-. The Hall–Kier alpha value is -3.32. The van der Waals surface area contributed by atoms with E-state index in [1.165, 1.54) is 11.8 Å². The Morgan fingerprint density at radius 2 is 1.85 bits per heavy atom. The Kier molecular flexibility index (Phi) is 4.52. The van der Waals surface area contributed by atoms with E-state index in [1.54, 1.807) is 17.9 Å². The van der Waals surface area contributed by atoms with Crippen LogP contribution in [0, 0.1) is 0 Å². The molecule has 0 fully saturated rings. The summed E-state index contributed by atoms with van der Waals surface area (Å²) < 4.78 is 7.02. The summed E-state index contributed by atoms with van der Waals surface area (Å²) >= 11 is 1.17. The van der Waals surface area contributed by atoms with Crippen LogP contribution in [0.1, 0.15) is 5.56 Å². The topological polar surface area (TPSA) is 82.5 Å². The molecule has 7 heteroatoms. The third kappa shape index (κ3) is 3.50. The highest BCUT2D eigenvalue weighted by Crippen LogP contribution is 2.31. The first kappa shape index (κ1) is 17.1.